The molecule has 3 aliphatic rings. The lowest BCUT2D eigenvalue weighted by atomic mass is 9.72. The van der Waals surface area contributed by atoms with Gasteiger partial charge in [0.25, 0.3) is 0 Å². The van der Waals surface area contributed by atoms with Crippen LogP contribution < -0.4 is 0 Å². The molecule has 4 atom stereocenters. The molecule has 2 aliphatic carbocycles. The van der Waals surface area contributed by atoms with Crippen LogP contribution in [-0.4, -0.2) is 24.7 Å². The maximum absolute atomic E-state index is 7.29. The minimum absolute atomic E-state index is 0.342. The second kappa shape index (κ2) is 6.82. The van der Waals surface area contributed by atoms with Gasteiger partial charge in [-0.3, -0.25) is 0 Å². The maximum Gasteiger partial charge on any atom is 0.225 e. The van der Waals surface area contributed by atoms with E-state index in [4.69, 9.17) is 74.3 Å². The zero-order valence-corrected chi connectivity index (χ0v) is 19.9. The van der Waals surface area contributed by atoms with Gasteiger partial charge in [0.1, 0.15) is 4.87 Å². The van der Waals surface area contributed by atoms with Crippen LogP contribution >= 0.6 is 69.6 Å². The number of hydrogen-bond donors (Lipinski definition) is 0. The quantitative estimate of drug-likeness (QED) is 0.232. The average Bonchev–Trinajstić information content (AvgIpc) is 3.30. The fraction of sp³-hybridized carbons (Fsp3) is 0.455. The third kappa shape index (κ3) is 2.72. The van der Waals surface area contributed by atoms with E-state index >= 15 is 0 Å². The zero-order valence-electron chi connectivity index (χ0n) is 15.3. The van der Waals surface area contributed by atoms with Gasteiger partial charge in [-0.1, -0.05) is 88.9 Å². The molecule has 0 amide bonds. The number of aryl methyl sites for hydroxylation is 1. The van der Waals surface area contributed by atoms with Crippen LogP contribution in [0.3, 0.4) is 0 Å². The highest BCUT2D eigenvalue weighted by Gasteiger charge is 2.88. The Bertz CT molecular complexity index is 1030. The predicted octanol–water partition coefficient (Wildman–Crippen LogP) is 7.93. The summed E-state index contributed by atoms with van der Waals surface area (Å²) in [5.74, 6) is 0. The molecule has 1 saturated heterocycles. The number of alkyl halides is 6. The van der Waals surface area contributed by atoms with Gasteiger partial charge in [0.05, 0.1) is 5.38 Å². The first-order chi connectivity index (χ1) is 13.7. The van der Waals surface area contributed by atoms with Gasteiger partial charge in [0, 0.05) is 0 Å². The van der Waals surface area contributed by atoms with Crippen molar-refractivity contribution in [2.24, 2.45) is 0 Å². The fourth-order valence-electron chi connectivity index (χ4n) is 4.99. The van der Waals surface area contributed by atoms with Gasteiger partial charge < -0.3 is 4.74 Å². The lowest BCUT2D eigenvalue weighted by Crippen LogP contribution is -2.56. The number of fused-ring (bicyclic) bond motifs is 2. The van der Waals surface area contributed by atoms with Gasteiger partial charge in [0.2, 0.25) is 10.1 Å². The van der Waals surface area contributed by atoms with Crippen LogP contribution in [0.4, 0.5) is 0 Å². The molecule has 154 valence electrons. The number of hydrogen-bond acceptors (Lipinski definition) is 1. The molecule has 0 N–H and O–H groups in total. The molecule has 0 saturated carbocycles. The summed E-state index contributed by atoms with van der Waals surface area (Å²) in [6.07, 6.45) is 3.62. The summed E-state index contributed by atoms with van der Waals surface area (Å²) in [5, 5.41) is -0.851. The minimum Gasteiger partial charge on any atom is -0.323 e. The Balaban J connectivity index is 1.59. The Hall–Kier alpha value is 0.140. The van der Waals surface area contributed by atoms with Crippen LogP contribution in [0, 0.1) is 0 Å². The highest BCUT2D eigenvalue weighted by molar-refractivity contribution is 6.59. The number of rotatable bonds is 3. The fourth-order valence-corrected chi connectivity index (χ4v) is 7.88. The summed E-state index contributed by atoms with van der Waals surface area (Å²) in [7, 11) is 0. The summed E-state index contributed by atoms with van der Waals surface area (Å²) in [5.41, 5.74) is 2.75. The van der Waals surface area contributed by atoms with E-state index in [2.05, 4.69) is 30.3 Å². The second-order valence-corrected chi connectivity index (χ2v) is 11.6. The van der Waals surface area contributed by atoms with Crippen molar-refractivity contribution in [3.63, 3.8) is 0 Å². The summed E-state index contributed by atoms with van der Waals surface area (Å²) >= 11 is 41.0. The lowest BCUT2D eigenvalue weighted by Gasteiger charge is -2.46. The first-order valence-electron chi connectivity index (χ1n) is 9.65. The Morgan fingerprint density at radius 3 is 2.45 bits per heavy atom. The second-order valence-electron chi connectivity index (χ2n) is 8.06. The molecule has 0 bridgehead atoms. The highest BCUT2D eigenvalue weighted by atomic mass is 35.5. The minimum atomic E-state index is -1.52. The first kappa shape index (κ1) is 21.0. The molecule has 4 unspecified atom stereocenters. The molecule has 0 radical (unpaired) electrons. The smallest absolute Gasteiger partial charge is 0.225 e. The van der Waals surface area contributed by atoms with Crippen molar-refractivity contribution in [2.45, 2.75) is 56.8 Å². The molecular formula is C22H18Cl6O. The molecule has 0 spiro atoms. The third-order valence-electron chi connectivity index (χ3n) is 6.52. The Morgan fingerprint density at radius 2 is 1.66 bits per heavy atom. The standard InChI is InChI=1S/C22H18Cl6O/c23-17-10-4-9-16-18(17)20(25,26)22(28)21(27,29-22)19(16,24)12-11-14-7-3-6-13-5-1-2-8-15(13)14/h1-3,5-8,17H,4,9-12H2. The molecule has 1 aliphatic heterocycles. The SMILES string of the molecule is ClC1CCCC2=C1C(Cl)(Cl)C1(Cl)OC1(Cl)C2(Cl)CCc1cccc2ccccc12. The molecule has 2 aromatic rings. The van der Waals surface area contributed by atoms with Crippen LogP contribution in [-0.2, 0) is 11.2 Å². The van der Waals surface area contributed by atoms with E-state index in [0.29, 0.717) is 18.4 Å². The van der Waals surface area contributed by atoms with E-state index in [1.165, 1.54) is 16.3 Å². The largest absolute Gasteiger partial charge is 0.323 e. The van der Waals surface area contributed by atoms with Crippen molar-refractivity contribution in [3.8, 4) is 0 Å². The Labute approximate surface area is 200 Å². The molecule has 1 heterocycles. The van der Waals surface area contributed by atoms with E-state index in [-0.39, 0.29) is 5.38 Å². The predicted molar refractivity (Wildman–Crippen MR) is 124 cm³/mol. The van der Waals surface area contributed by atoms with Gasteiger partial charge in [-0.05, 0) is 59.6 Å². The molecule has 5 rings (SSSR count). The van der Waals surface area contributed by atoms with E-state index in [0.717, 1.165) is 24.8 Å². The van der Waals surface area contributed by atoms with Gasteiger partial charge in [0.15, 0.2) is 4.33 Å². The number of halogens is 6. The highest BCUT2D eigenvalue weighted by Crippen LogP contribution is 2.77. The normalized spacial score (nSPS) is 37.9. The molecular weight excluding hydrogens is 493 g/mol. The Kier molecular flexibility index (Phi) is 4.94. The molecule has 0 aromatic heterocycles. The molecule has 1 fully saturated rings. The van der Waals surface area contributed by atoms with E-state index in [1.54, 1.807) is 0 Å². The van der Waals surface area contributed by atoms with Crippen molar-refractivity contribution < 1.29 is 4.74 Å². The summed E-state index contributed by atoms with van der Waals surface area (Å²) in [4.78, 5) is -1.04. The third-order valence-corrected chi connectivity index (χ3v) is 10.3. The molecule has 2 aromatic carbocycles. The van der Waals surface area contributed by atoms with Crippen molar-refractivity contribution in [2.75, 3.05) is 0 Å². The average molecular weight is 511 g/mol. The van der Waals surface area contributed by atoms with E-state index in [1.807, 2.05) is 12.1 Å². The maximum atomic E-state index is 7.29. The van der Waals surface area contributed by atoms with Crippen LogP contribution in [0.25, 0.3) is 10.8 Å². The molecule has 7 heteroatoms. The molecule has 1 nitrogen and oxygen atoms in total. The first-order valence-corrected chi connectivity index (χ1v) is 12.0. The van der Waals surface area contributed by atoms with Crippen molar-refractivity contribution in [1.82, 2.24) is 0 Å². The summed E-state index contributed by atoms with van der Waals surface area (Å²) < 4.78 is 4.32. The van der Waals surface area contributed by atoms with Crippen LogP contribution in [0.2, 0.25) is 0 Å². The summed E-state index contributed by atoms with van der Waals surface area (Å²) in [6, 6.07) is 14.5. The lowest BCUT2D eigenvalue weighted by molar-refractivity contribution is 0.305. The van der Waals surface area contributed by atoms with Crippen LogP contribution in [0.1, 0.15) is 31.2 Å². The number of benzene rings is 2. The van der Waals surface area contributed by atoms with E-state index in [9.17, 15) is 0 Å². The number of epoxide rings is 1. The molecule has 29 heavy (non-hydrogen) atoms. The Morgan fingerprint density at radius 1 is 0.931 bits per heavy atom. The van der Waals surface area contributed by atoms with Crippen molar-refractivity contribution in [3.05, 3.63) is 59.2 Å². The monoisotopic (exact) mass is 508 g/mol. The summed E-state index contributed by atoms with van der Waals surface area (Å²) in [6.45, 7) is 0. The van der Waals surface area contributed by atoms with Gasteiger partial charge in [-0.15, -0.1) is 23.2 Å². The van der Waals surface area contributed by atoms with Gasteiger partial charge >= 0.3 is 0 Å². The van der Waals surface area contributed by atoms with Crippen LogP contribution in [0.5, 0.6) is 0 Å². The zero-order chi connectivity index (χ0) is 20.7. The van der Waals surface area contributed by atoms with Crippen LogP contribution in [0.15, 0.2) is 53.6 Å². The van der Waals surface area contributed by atoms with E-state index < -0.39 is 19.3 Å². The van der Waals surface area contributed by atoms with Crippen molar-refractivity contribution in [1.29, 1.82) is 0 Å². The van der Waals surface area contributed by atoms with Gasteiger partial charge in [-0.2, -0.15) is 0 Å². The number of ether oxygens (including phenoxy) is 1. The van der Waals surface area contributed by atoms with Gasteiger partial charge in [-0.25, -0.2) is 0 Å². The topological polar surface area (TPSA) is 12.5 Å². The van der Waals surface area contributed by atoms with Crippen molar-refractivity contribution >= 4 is 80.4 Å².